The molecule has 1 aliphatic carbocycles. The Morgan fingerprint density at radius 1 is 1.35 bits per heavy atom. The molecule has 0 bridgehead atoms. The summed E-state index contributed by atoms with van der Waals surface area (Å²) in [6.07, 6.45) is 6.47. The van der Waals surface area contributed by atoms with E-state index in [-0.39, 0.29) is 0 Å². The van der Waals surface area contributed by atoms with Crippen molar-refractivity contribution in [3.8, 4) is 0 Å². The summed E-state index contributed by atoms with van der Waals surface area (Å²) in [5.74, 6) is 0.418. The van der Waals surface area contributed by atoms with Crippen LogP contribution in [0.25, 0.3) is 0 Å². The number of carboxylic acids is 1. The van der Waals surface area contributed by atoms with Gasteiger partial charge in [-0.05, 0) is 50.5 Å². The molecule has 1 N–H and O–H groups in total. The summed E-state index contributed by atoms with van der Waals surface area (Å²) >= 11 is 0. The minimum Gasteiger partial charge on any atom is -0.481 e. The first-order valence-corrected chi connectivity index (χ1v) is 7.05. The van der Waals surface area contributed by atoms with Gasteiger partial charge in [-0.1, -0.05) is 13.8 Å². The van der Waals surface area contributed by atoms with Crippen LogP contribution < -0.4 is 0 Å². The topological polar surface area (TPSA) is 40.5 Å². The quantitative estimate of drug-likeness (QED) is 0.802. The monoisotopic (exact) mass is 239 g/mol. The molecule has 0 spiro atoms. The average molecular weight is 239 g/mol. The Morgan fingerprint density at radius 3 is 2.59 bits per heavy atom. The van der Waals surface area contributed by atoms with Crippen LogP contribution in [0.5, 0.6) is 0 Å². The van der Waals surface area contributed by atoms with Gasteiger partial charge in [0.2, 0.25) is 0 Å². The van der Waals surface area contributed by atoms with Crippen LogP contribution in [-0.4, -0.2) is 34.6 Å². The average Bonchev–Trinajstić information content (AvgIpc) is 3.02. The molecule has 0 aromatic rings. The van der Waals surface area contributed by atoms with Crippen LogP contribution in [0, 0.1) is 11.8 Å². The molecule has 2 atom stereocenters. The number of hydrogen-bond acceptors (Lipinski definition) is 2. The molecule has 0 aromatic carbocycles. The Labute approximate surface area is 104 Å². The highest BCUT2D eigenvalue weighted by molar-refractivity contribution is 5.67. The first-order valence-electron chi connectivity index (χ1n) is 7.05. The Hall–Kier alpha value is -0.570. The fourth-order valence-electron chi connectivity index (χ4n) is 3.30. The number of rotatable bonds is 5. The lowest BCUT2D eigenvalue weighted by atomic mass is 9.82. The SMILES string of the molecule is CC(C)C[C@@H]1[C@@H](CC(=O)O)CCCN1C1CC1. The van der Waals surface area contributed by atoms with Crippen molar-refractivity contribution in [2.75, 3.05) is 6.54 Å². The normalized spacial score (nSPS) is 30.8. The maximum Gasteiger partial charge on any atom is 0.303 e. The van der Waals surface area contributed by atoms with E-state index in [1.807, 2.05) is 0 Å². The molecule has 17 heavy (non-hydrogen) atoms. The van der Waals surface area contributed by atoms with Gasteiger partial charge in [-0.25, -0.2) is 0 Å². The Kier molecular flexibility index (Phi) is 4.08. The van der Waals surface area contributed by atoms with Gasteiger partial charge < -0.3 is 5.11 Å². The maximum absolute atomic E-state index is 11.0. The summed E-state index contributed by atoms with van der Waals surface area (Å²) in [7, 11) is 0. The fourth-order valence-corrected chi connectivity index (χ4v) is 3.30. The molecule has 3 nitrogen and oxygen atoms in total. The van der Waals surface area contributed by atoms with Gasteiger partial charge in [0.25, 0.3) is 0 Å². The summed E-state index contributed by atoms with van der Waals surface area (Å²) in [4.78, 5) is 13.6. The molecule has 1 saturated carbocycles. The van der Waals surface area contributed by atoms with E-state index in [2.05, 4.69) is 18.7 Å². The smallest absolute Gasteiger partial charge is 0.303 e. The first kappa shape index (κ1) is 12.9. The number of aliphatic carboxylic acids is 1. The third-order valence-corrected chi connectivity index (χ3v) is 4.13. The summed E-state index contributed by atoms with van der Waals surface area (Å²) in [6, 6.07) is 1.29. The molecule has 0 aromatic heterocycles. The highest BCUT2D eigenvalue weighted by atomic mass is 16.4. The van der Waals surface area contributed by atoms with Crippen LogP contribution in [-0.2, 0) is 4.79 Å². The van der Waals surface area contributed by atoms with Crippen molar-refractivity contribution in [1.29, 1.82) is 0 Å². The van der Waals surface area contributed by atoms with Gasteiger partial charge in [-0.3, -0.25) is 9.69 Å². The molecule has 0 amide bonds. The highest BCUT2D eigenvalue weighted by Gasteiger charge is 2.40. The van der Waals surface area contributed by atoms with Crippen LogP contribution in [0.2, 0.25) is 0 Å². The lowest BCUT2D eigenvalue weighted by Gasteiger charge is -2.42. The summed E-state index contributed by atoms with van der Waals surface area (Å²) in [5, 5.41) is 9.04. The van der Waals surface area contributed by atoms with E-state index in [1.54, 1.807) is 0 Å². The van der Waals surface area contributed by atoms with Gasteiger partial charge in [0, 0.05) is 18.5 Å². The second kappa shape index (κ2) is 5.38. The predicted molar refractivity (Wildman–Crippen MR) is 67.9 cm³/mol. The van der Waals surface area contributed by atoms with Gasteiger partial charge in [-0.15, -0.1) is 0 Å². The van der Waals surface area contributed by atoms with E-state index < -0.39 is 5.97 Å². The van der Waals surface area contributed by atoms with E-state index in [0.717, 1.165) is 18.9 Å². The lowest BCUT2D eigenvalue weighted by molar-refractivity contribution is -0.139. The highest BCUT2D eigenvalue weighted by Crippen LogP contribution is 2.38. The third kappa shape index (κ3) is 3.44. The minimum absolute atomic E-state index is 0.362. The zero-order chi connectivity index (χ0) is 12.4. The van der Waals surface area contributed by atoms with Crippen LogP contribution in [0.4, 0.5) is 0 Å². The van der Waals surface area contributed by atoms with Gasteiger partial charge in [0.1, 0.15) is 0 Å². The van der Waals surface area contributed by atoms with Crippen LogP contribution in [0.3, 0.4) is 0 Å². The number of nitrogens with zero attached hydrogens (tertiary/aromatic N) is 1. The minimum atomic E-state index is -0.624. The van der Waals surface area contributed by atoms with E-state index >= 15 is 0 Å². The lowest BCUT2D eigenvalue weighted by Crippen LogP contribution is -2.47. The van der Waals surface area contributed by atoms with Gasteiger partial charge in [-0.2, -0.15) is 0 Å². The number of piperidine rings is 1. The van der Waals surface area contributed by atoms with E-state index in [1.165, 1.54) is 25.8 Å². The molecule has 2 fully saturated rings. The summed E-state index contributed by atoms with van der Waals surface area (Å²) in [6.45, 7) is 5.69. The standard InChI is InChI=1S/C14H25NO2/c1-10(2)8-13-11(9-14(16)17)4-3-7-15(13)12-5-6-12/h10-13H,3-9H2,1-2H3,(H,16,17)/t11-,13-/m1/s1. The molecule has 0 radical (unpaired) electrons. The molecule has 3 heteroatoms. The van der Waals surface area contributed by atoms with Crippen LogP contribution in [0.1, 0.15) is 52.4 Å². The molecule has 2 aliphatic rings. The van der Waals surface area contributed by atoms with Gasteiger partial charge in [0.05, 0.1) is 0 Å². The van der Waals surface area contributed by atoms with E-state index in [0.29, 0.717) is 24.3 Å². The number of hydrogen-bond donors (Lipinski definition) is 1. The van der Waals surface area contributed by atoms with Gasteiger partial charge in [0.15, 0.2) is 0 Å². The second-order valence-electron chi connectivity index (χ2n) is 6.17. The molecular weight excluding hydrogens is 214 g/mol. The molecule has 98 valence electrons. The number of carboxylic acid groups (broad SMARTS) is 1. The Morgan fingerprint density at radius 2 is 2.06 bits per heavy atom. The molecule has 0 unspecified atom stereocenters. The van der Waals surface area contributed by atoms with Gasteiger partial charge >= 0.3 is 5.97 Å². The Bertz CT molecular complexity index is 273. The second-order valence-corrected chi connectivity index (χ2v) is 6.17. The van der Waals surface area contributed by atoms with Crippen molar-refractivity contribution in [1.82, 2.24) is 4.90 Å². The Balaban J connectivity index is 2.03. The van der Waals surface area contributed by atoms with E-state index in [9.17, 15) is 4.79 Å². The molecule has 1 saturated heterocycles. The third-order valence-electron chi connectivity index (χ3n) is 4.13. The summed E-state index contributed by atoms with van der Waals surface area (Å²) < 4.78 is 0. The predicted octanol–water partition coefficient (Wildman–Crippen LogP) is 2.75. The van der Waals surface area contributed by atoms with E-state index in [4.69, 9.17) is 5.11 Å². The fraction of sp³-hybridized carbons (Fsp3) is 0.929. The molecule has 1 heterocycles. The number of carbonyl (C=O) groups is 1. The van der Waals surface area contributed by atoms with Crippen molar-refractivity contribution >= 4 is 5.97 Å². The molecule has 2 rings (SSSR count). The van der Waals surface area contributed by atoms with Crippen molar-refractivity contribution in [2.24, 2.45) is 11.8 Å². The van der Waals surface area contributed by atoms with Crippen molar-refractivity contribution in [3.63, 3.8) is 0 Å². The van der Waals surface area contributed by atoms with Crippen LogP contribution >= 0.6 is 0 Å². The number of likely N-dealkylation sites (tertiary alicyclic amines) is 1. The molecular formula is C14H25NO2. The summed E-state index contributed by atoms with van der Waals surface area (Å²) in [5.41, 5.74) is 0. The molecule has 1 aliphatic heterocycles. The van der Waals surface area contributed by atoms with Crippen molar-refractivity contribution in [2.45, 2.75) is 64.5 Å². The zero-order valence-corrected chi connectivity index (χ0v) is 11.1. The van der Waals surface area contributed by atoms with Crippen molar-refractivity contribution in [3.05, 3.63) is 0 Å². The van der Waals surface area contributed by atoms with Crippen molar-refractivity contribution < 1.29 is 9.90 Å². The maximum atomic E-state index is 11.0. The first-order chi connectivity index (χ1) is 8.08. The van der Waals surface area contributed by atoms with Crippen LogP contribution in [0.15, 0.2) is 0 Å². The largest absolute Gasteiger partial charge is 0.481 e. The zero-order valence-electron chi connectivity index (χ0n) is 11.1.